The molecule has 1 aromatic carbocycles. The quantitative estimate of drug-likeness (QED) is 0.679. The largest absolute Gasteiger partial charge is 0.369 e. The Morgan fingerprint density at radius 1 is 1.45 bits per heavy atom. The van der Waals surface area contributed by atoms with Crippen molar-refractivity contribution in [2.24, 2.45) is 5.73 Å². The number of primary amides is 1. The number of benzene rings is 1. The highest BCUT2D eigenvalue weighted by molar-refractivity contribution is 5.76. The molecule has 1 amide bonds. The van der Waals surface area contributed by atoms with Gasteiger partial charge in [-0.3, -0.25) is 4.79 Å². The Labute approximate surface area is 67.5 Å². The summed E-state index contributed by atoms with van der Waals surface area (Å²) in [6, 6.07) is 7.77. The van der Waals surface area contributed by atoms with Crippen LogP contribution in [0.2, 0.25) is 0 Å². The van der Waals surface area contributed by atoms with Gasteiger partial charge in [-0.1, -0.05) is 29.8 Å². The van der Waals surface area contributed by atoms with Crippen molar-refractivity contribution in [3.8, 4) is 0 Å². The Morgan fingerprint density at radius 2 is 2.00 bits per heavy atom. The van der Waals surface area contributed by atoms with Crippen LogP contribution < -0.4 is 5.73 Å². The average molecular weight is 151 g/mol. The fourth-order valence-electron chi connectivity index (χ4n) is 0.907. The minimum absolute atomic E-state index is 0. The van der Waals surface area contributed by atoms with Crippen LogP contribution in [-0.2, 0) is 11.2 Å². The van der Waals surface area contributed by atoms with Gasteiger partial charge in [0, 0.05) is 1.43 Å². The van der Waals surface area contributed by atoms with Gasteiger partial charge in [0.1, 0.15) is 0 Å². The minimum Gasteiger partial charge on any atom is -0.369 e. The SMILES string of the molecule is Cc1ccc(CC(N)=O)cc1.[HH]. The van der Waals surface area contributed by atoms with Gasteiger partial charge < -0.3 is 5.73 Å². The van der Waals surface area contributed by atoms with E-state index in [1.807, 2.05) is 31.2 Å². The smallest absolute Gasteiger partial charge is 0.221 e. The zero-order chi connectivity index (χ0) is 8.27. The van der Waals surface area contributed by atoms with Crippen molar-refractivity contribution in [2.45, 2.75) is 13.3 Å². The molecule has 0 aliphatic carbocycles. The summed E-state index contributed by atoms with van der Waals surface area (Å²) >= 11 is 0. The molecule has 1 rings (SSSR count). The van der Waals surface area contributed by atoms with Gasteiger partial charge in [0.2, 0.25) is 5.91 Å². The van der Waals surface area contributed by atoms with Crippen molar-refractivity contribution < 1.29 is 6.22 Å². The zero-order valence-electron chi connectivity index (χ0n) is 6.50. The van der Waals surface area contributed by atoms with E-state index >= 15 is 0 Å². The highest BCUT2D eigenvalue weighted by Gasteiger charge is 1.95. The van der Waals surface area contributed by atoms with Crippen LogP contribution in [0.5, 0.6) is 0 Å². The van der Waals surface area contributed by atoms with E-state index in [4.69, 9.17) is 5.73 Å². The summed E-state index contributed by atoms with van der Waals surface area (Å²) in [5, 5.41) is 0. The number of nitrogens with two attached hydrogens (primary N) is 1. The predicted molar refractivity (Wildman–Crippen MR) is 46.2 cm³/mol. The van der Waals surface area contributed by atoms with Gasteiger partial charge in [0.05, 0.1) is 6.42 Å². The van der Waals surface area contributed by atoms with Crippen molar-refractivity contribution in [3.05, 3.63) is 35.4 Å². The van der Waals surface area contributed by atoms with Crippen LogP contribution in [0.25, 0.3) is 0 Å². The third-order valence-corrected chi connectivity index (χ3v) is 1.50. The van der Waals surface area contributed by atoms with Crippen LogP contribution in [-0.4, -0.2) is 5.91 Å². The molecule has 1 aromatic rings. The van der Waals surface area contributed by atoms with Gasteiger partial charge >= 0.3 is 0 Å². The first-order chi connectivity index (χ1) is 5.18. The lowest BCUT2D eigenvalue weighted by molar-refractivity contribution is -0.117. The van der Waals surface area contributed by atoms with Crippen LogP contribution in [0, 0.1) is 6.92 Å². The number of hydrogen-bond donors (Lipinski definition) is 1. The van der Waals surface area contributed by atoms with Crippen LogP contribution >= 0.6 is 0 Å². The molecule has 2 heteroatoms. The molecular weight excluding hydrogens is 138 g/mol. The van der Waals surface area contributed by atoms with Crippen molar-refractivity contribution >= 4 is 5.91 Å². The normalized spacial score (nSPS) is 9.55. The van der Waals surface area contributed by atoms with Gasteiger partial charge in [0.15, 0.2) is 0 Å². The molecule has 0 saturated heterocycles. The van der Waals surface area contributed by atoms with E-state index in [0.717, 1.165) is 5.56 Å². The second-order valence-corrected chi connectivity index (χ2v) is 2.63. The van der Waals surface area contributed by atoms with Gasteiger partial charge in [-0.25, -0.2) is 0 Å². The Hall–Kier alpha value is -1.31. The first kappa shape index (κ1) is 7.79. The molecule has 0 spiro atoms. The van der Waals surface area contributed by atoms with E-state index in [2.05, 4.69) is 0 Å². The maximum absolute atomic E-state index is 10.5. The lowest BCUT2D eigenvalue weighted by Gasteiger charge is -1.96. The number of rotatable bonds is 2. The van der Waals surface area contributed by atoms with Crippen LogP contribution in [0.4, 0.5) is 0 Å². The predicted octanol–water partition coefficient (Wildman–Crippen LogP) is 1.27. The first-order valence-electron chi connectivity index (χ1n) is 3.52. The number of carbonyl (C=O) groups is 1. The molecule has 0 aliphatic heterocycles. The Bertz CT molecular complexity index is 256. The average Bonchev–Trinajstić information content (AvgIpc) is 1.93. The van der Waals surface area contributed by atoms with Crippen LogP contribution in [0.3, 0.4) is 0 Å². The molecule has 0 unspecified atom stereocenters. The molecule has 11 heavy (non-hydrogen) atoms. The summed E-state index contributed by atoms with van der Waals surface area (Å²) in [5.74, 6) is -0.283. The number of carbonyl (C=O) groups excluding carboxylic acids is 1. The molecule has 0 aromatic heterocycles. The molecule has 0 atom stereocenters. The topological polar surface area (TPSA) is 43.1 Å². The molecule has 0 radical (unpaired) electrons. The maximum Gasteiger partial charge on any atom is 0.221 e. The highest BCUT2D eigenvalue weighted by Crippen LogP contribution is 2.02. The maximum atomic E-state index is 10.5. The summed E-state index contributed by atoms with van der Waals surface area (Å²) in [4.78, 5) is 10.5. The number of aryl methyl sites for hydroxylation is 1. The summed E-state index contributed by atoms with van der Waals surface area (Å²) in [6.07, 6.45) is 0.334. The molecule has 2 N–H and O–H groups in total. The molecule has 0 fully saturated rings. The van der Waals surface area contributed by atoms with Crippen molar-refractivity contribution in [2.75, 3.05) is 0 Å². The molecule has 2 nitrogen and oxygen atoms in total. The summed E-state index contributed by atoms with van der Waals surface area (Å²) in [6.45, 7) is 2.01. The van der Waals surface area contributed by atoms with E-state index in [-0.39, 0.29) is 7.33 Å². The third-order valence-electron chi connectivity index (χ3n) is 1.50. The molecule has 0 aliphatic rings. The lowest BCUT2D eigenvalue weighted by atomic mass is 10.1. The van der Waals surface area contributed by atoms with Gasteiger partial charge in [-0.2, -0.15) is 0 Å². The van der Waals surface area contributed by atoms with E-state index in [1.165, 1.54) is 5.56 Å². The third kappa shape index (κ3) is 2.42. The van der Waals surface area contributed by atoms with Crippen LogP contribution in [0.15, 0.2) is 24.3 Å². The van der Waals surface area contributed by atoms with E-state index in [9.17, 15) is 4.79 Å². The summed E-state index contributed by atoms with van der Waals surface area (Å²) in [5.41, 5.74) is 7.19. The summed E-state index contributed by atoms with van der Waals surface area (Å²) in [7, 11) is 0. The van der Waals surface area contributed by atoms with Gasteiger partial charge in [-0.05, 0) is 12.5 Å². The molecule has 60 valence electrons. The molecule has 0 heterocycles. The van der Waals surface area contributed by atoms with E-state index in [1.54, 1.807) is 0 Å². The fraction of sp³-hybridized carbons (Fsp3) is 0.222. The zero-order valence-corrected chi connectivity index (χ0v) is 6.50. The first-order valence-corrected chi connectivity index (χ1v) is 3.52. The van der Waals surface area contributed by atoms with Gasteiger partial charge in [-0.15, -0.1) is 0 Å². The van der Waals surface area contributed by atoms with Crippen molar-refractivity contribution in [1.82, 2.24) is 0 Å². The number of hydrogen-bond acceptors (Lipinski definition) is 1. The molecular formula is C9H13NO. The Kier molecular flexibility index (Phi) is 2.26. The Morgan fingerprint density at radius 3 is 2.45 bits per heavy atom. The van der Waals surface area contributed by atoms with Gasteiger partial charge in [0.25, 0.3) is 0 Å². The standard InChI is InChI=1S/C9H11NO.H2/c1-7-2-4-8(5-3-7)6-9(10)11;/h2-5H,6H2,1H3,(H2,10,11);1H. The second-order valence-electron chi connectivity index (χ2n) is 2.63. The minimum atomic E-state index is -0.283. The molecule has 0 saturated carbocycles. The lowest BCUT2D eigenvalue weighted by Crippen LogP contribution is -2.13. The monoisotopic (exact) mass is 151 g/mol. The molecule has 0 bridgehead atoms. The van der Waals surface area contributed by atoms with E-state index in [0.29, 0.717) is 6.42 Å². The second kappa shape index (κ2) is 3.19. The van der Waals surface area contributed by atoms with Crippen LogP contribution in [0.1, 0.15) is 12.6 Å². The Balaban J connectivity index is 0.00000121. The fourth-order valence-corrected chi connectivity index (χ4v) is 0.907. The number of amides is 1. The van der Waals surface area contributed by atoms with Crippen molar-refractivity contribution in [1.29, 1.82) is 0 Å². The summed E-state index contributed by atoms with van der Waals surface area (Å²) < 4.78 is 0. The van der Waals surface area contributed by atoms with E-state index < -0.39 is 0 Å². The highest BCUT2D eigenvalue weighted by atomic mass is 16.1. The van der Waals surface area contributed by atoms with Crippen molar-refractivity contribution in [3.63, 3.8) is 0 Å².